The fourth-order valence-electron chi connectivity index (χ4n) is 5.64. The smallest absolute Gasteiger partial charge is 0.253 e. The Morgan fingerprint density at radius 2 is 1.82 bits per heavy atom. The molecule has 0 radical (unpaired) electrons. The highest BCUT2D eigenvalue weighted by Crippen LogP contribution is 2.31. The summed E-state index contributed by atoms with van der Waals surface area (Å²) in [5.74, 6) is 0.831. The minimum absolute atomic E-state index is 0.0803. The summed E-state index contributed by atoms with van der Waals surface area (Å²) in [4.78, 5) is 44.1. The van der Waals surface area contributed by atoms with E-state index < -0.39 is 0 Å². The number of benzene rings is 1. The summed E-state index contributed by atoms with van der Waals surface area (Å²) < 4.78 is 0. The summed E-state index contributed by atoms with van der Waals surface area (Å²) in [5, 5.41) is 3.16. The number of hydrogen-bond donors (Lipinski definition) is 1. The van der Waals surface area contributed by atoms with Crippen LogP contribution >= 0.6 is 0 Å². The van der Waals surface area contributed by atoms with Crippen molar-refractivity contribution in [3.05, 3.63) is 35.4 Å². The van der Waals surface area contributed by atoms with Crippen LogP contribution in [0.2, 0.25) is 0 Å². The lowest BCUT2D eigenvalue weighted by molar-refractivity contribution is -0.129. The van der Waals surface area contributed by atoms with Crippen LogP contribution in [0.4, 0.5) is 0 Å². The van der Waals surface area contributed by atoms with Gasteiger partial charge in [-0.15, -0.1) is 0 Å². The molecule has 0 spiro atoms. The molecule has 1 atom stereocenters. The van der Waals surface area contributed by atoms with Crippen molar-refractivity contribution in [2.75, 3.05) is 45.8 Å². The molecule has 2 saturated heterocycles. The van der Waals surface area contributed by atoms with Gasteiger partial charge in [0.15, 0.2) is 0 Å². The lowest BCUT2D eigenvalue weighted by atomic mass is 9.95. The van der Waals surface area contributed by atoms with E-state index in [0.29, 0.717) is 32.0 Å². The Morgan fingerprint density at radius 1 is 1.06 bits per heavy atom. The first kappa shape index (κ1) is 23.7. The first-order chi connectivity index (χ1) is 16.0. The number of aryl methyl sites for hydroxylation is 1. The van der Waals surface area contributed by atoms with Crippen LogP contribution in [0.5, 0.6) is 0 Å². The molecule has 3 fully saturated rings. The maximum atomic E-state index is 13.3. The molecule has 3 aliphatic rings. The summed E-state index contributed by atoms with van der Waals surface area (Å²) >= 11 is 0. The molecule has 0 bridgehead atoms. The van der Waals surface area contributed by atoms with Crippen molar-refractivity contribution in [1.82, 2.24) is 20.0 Å². The Bertz CT molecular complexity index is 844. The normalized spacial score (nSPS) is 20.9. The van der Waals surface area contributed by atoms with Crippen molar-refractivity contribution in [3.8, 4) is 0 Å². The summed E-state index contributed by atoms with van der Waals surface area (Å²) in [5.41, 5.74) is 1.83. The molecule has 1 aromatic rings. The second-order valence-corrected chi connectivity index (χ2v) is 9.82. The molecule has 7 heteroatoms. The average molecular weight is 455 g/mol. The molecule has 2 aliphatic heterocycles. The van der Waals surface area contributed by atoms with Gasteiger partial charge in [-0.2, -0.15) is 0 Å². The van der Waals surface area contributed by atoms with Gasteiger partial charge in [-0.3, -0.25) is 19.3 Å². The Kier molecular flexibility index (Phi) is 8.02. The van der Waals surface area contributed by atoms with Crippen molar-refractivity contribution >= 4 is 17.7 Å². The van der Waals surface area contributed by atoms with E-state index in [4.69, 9.17) is 0 Å². The van der Waals surface area contributed by atoms with Gasteiger partial charge in [0.05, 0.1) is 6.04 Å². The van der Waals surface area contributed by atoms with Crippen molar-refractivity contribution < 1.29 is 14.4 Å². The predicted molar refractivity (Wildman–Crippen MR) is 128 cm³/mol. The van der Waals surface area contributed by atoms with Crippen LogP contribution in [0.15, 0.2) is 24.3 Å². The van der Waals surface area contributed by atoms with Gasteiger partial charge in [-0.1, -0.05) is 30.5 Å². The Balaban J connectivity index is 1.30. The maximum Gasteiger partial charge on any atom is 0.253 e. The SMILES string of the molecule is Cc1cccc(C(=O)N2CCN(C(C(=O)NCCCN3CCCC3=O)C3CCCC3)CC2)c1. The van der Waals surface area contributed by atoms with E-state index in [9.17, 15) is 14.4 Å². The summed E-state index contributed by atoms with van der Waals surface area (Å²) in [6.07, 6.45) is 7.00. The third-order valence-corrected chi connectivity index (χ3v) is 7.45. The van der Waals surface area contributed by atoms with Crippen LogP contribution in [-0.4, -0.2) is 84.3 Å². The van der Waals surface area contributed by atoms with E-state index in [-0.39, 0.29) is 23.8 Å². The monoisotopic (exact) mass is 454 g/mol. The second kappa shape index (κ2) is 11.1. The van der Waals surface area contributed by atoms with E-state index in [1.807, 2.05) is 41.0 Å². The summed E-state index contributed by atoms with van der Waals surface area (Å²) in [7, 11) is 0. The molecule has 1 N–H and O–H groups in total. The van der Waals surface area contributed by atoms with Crippen LogP contribution in [0.25, 0.3) is 0 Å². The van der Waals surface area contributed by atoms with Gasteiger partial charge in [0, 0.05) is 57.8 Å². The third-order valence-electron chi connectivity index (χ3n) is 7.45. The quantitative estimate of drug-likeness (QED) is 0.613. The molecule has 0 aromatic heterocycles. The summed E-state index contributed by atoms with van der Waals surface area (Å²) in [6.45, 7) is 6.96. The van der Waals surface area contributed by atoms with Crippen molar-refractivity contribution in [1.29, 1.82) is 0 Å². The van der Waals surface area contributed by atoms with Gasteiger partial charge < -0.3 is 15.1 Å². The zero-order valence-electron chi connectivity index (χ0n) is 19.9. The fraction of sp³-hybridized carbons (Fsp3) is 0.654. The molecule has 33 heavy (non-hydrogen) atoms. The molecule has 180 valence electrons. The predicted octanol–water partition coefficient (Wildman–Crippen LogP) is 2.44. The highest BCUT2D eigenvalue weighted by molar-refractivity contribution is 5.94. The second-order valence-electron chi connectivity index (χ2n) is 9.82. The molecule has 1 saturated carbocycles. The first-order valence-electron chi connectivity index (χ1n) is 12.7. The van der Waals surface area contributed by atoms with E-state index in [1.165, 1.54) is 12.8 Å². The lowest BCUT2D eigenvalue weighted by Crippen LogP contribution is -2.58. The van der Waals surface area contributed by atoms with E-state index in [2.05, 4.69) is 10.2 Å². The van der Waals surface area contributed by atoms with Crippen LogP contribution < -0.4 is 5.32 Å². The Morgan fingerprint density at radius 3 is 2.48 bits per heavy atom. The molecule has 1 unspecified atom stereocenters. The molecule has 3 amide bonds. The Labute approximate surface area is 197 Å². The van der Waals surface area contributed by atoms with Crippen LogP contribution in [0.3, 0.4) is 0 Å². The Hall–Kier alpha value is -2.41. The number of amides is 3. The minimum Gasteiger partial charge on any atom is -0.355 e. The van der Waals surface area contributed by atoms with Crippen molar-refractivity contribution in [2.45, 2.75) is 57.9 Å². The number of nitrogens with one attached hydrogen (secondary N) is 1. The number of hydrogen-bond acceptors (Lipinski definition) is 4. The molecule has 7 nitrogen and oxygen atoms in total. The number of piperazine rings is 1. The van der Waals surface area contributed by atoms with Crippen LogP contribution in [0.1, 0.15) is 60.9 Å². The molecule has 1 aliphatic carbocycles. The standard InChI is InChI=1S/C26H38N4O3/c1-20-7-4-10-22(19-20)26(33)30-17-15-29(16-18-30)24(21-8-2-3-9-21)25(32)27-12-6-14-28-13-5-11-23(28)31/h4,7,10,19,21,24H,2-3,5-6,8-9,11-18H2,1H3,(H,27,32). The largest absolute Gasteiger partial charge is 0.355 e. The number of nitrogens with zero attached hydrogens (tertiary/aromatic N) is 3. The maximum absolute atomic E-state index is 13.3. The third kappa shape index (κ3) is 5.94. The fourth-order valence-corrected chi connectivity index (χ4v) is 5.64. The average Bonchev–Trinajstić information content (AvgIpc) is 3.49. The first-order valence-corrected chi connectivity index (χ1v) is 12.7. The van der Waals surface area contributed by atoms with Gasteiger partial charge in [-0.25, -0.2) is 0 Å². The molecular weight excluding hydrogens is 416 g/mol. The summed E-state index contributed by atoms with van der Waals surface area (Å²) in [6, 6.07) is 7.64. The number of carbonyl (C=O) groups is 3. The van der Waals surface area contributed by atoms with Crippen LogP contribution in [-0.2, 0) is 9.59 Å². The van der Waals surface area contributed by atoms with E-state index in [1.54, 1.807) is 0 Å². The number of likely N-dealkylation sites (tertiary alicyclic amines) is 1. The van der Waals surface area contributed by atoms with Crippen LogP contribution in [0, 0.1) is 12.8 Å². The zero-order chi connectivity index (χ0) is 23.2. The lowest BCUT2D eigenvalue weighted by Gasteiger charge is -2.40. The van der Waals surface area contributed by atoms with Gasteiger partial charge in [-0.05, 0) is 50.7 Å². The zero-order valence-corrected chi connectivity index (χ0v) is 19.9. The van der Waals surface area contributed by atoms with Gasteiger partial charge >= 0.3 is 0 Å². The van der Waals surface area contributed by atoms with Crippen molar-refractivity contribution in [2.24, 2.45) is 5.92 Å². The molecule has 4 rings (SSSR count). The molecule has 2 heterocycles. The van der Waals surface area contributed by atoms with Gasteiger partial charge in [0.25, 0.3) is 5.91 Å². The topological polar surface area (TPSA) is 73.0 Å². The van der Waals surface area contributed by atoms with E-state index >= 15 is 0 Å². The highest BCUT2D eigenvalue weighted by atomic mass is 16.2. The van der Waals surface area contributed by atoms with Gasteiger partial charge in [0.2, 0.25) is 11.8 Å². The van der Waals surface area contributed by atoms with Gasteiger partial charge in [0.1, 0.15) is 0 Å². The molecule has 1 aromatic carbocycles. The number of rotatable bonds is 8. The highest BCUT2D eigenvalue weighted by Gasteiger charge is 2.37. The number of carbonyl (C=O) groups excluding carboxylic acids is 3. The van der Waals surface area contributed by atoms with Crippen molar-refractivity contribution in [3.63, 3.8) is 0 Å². The molecular formula is C26H38N4O3. The van der Waals surface area contributed by atoms with E-state index in [0.717, 1.165) is 63.0 Å². The minimum atomic E-state index is -0.114.